The molecule has 3 N–H and O–H groups in total. The number of primary amides is 1. The standard InChI is InChI=1S/C21H17ClF3N3O3.C2H6/c1-11(19(26)30)28-8-7-14-15(20(28)31)3-2-4-17(14)27-18(29)9-12-5-6-13(22)10-16(12)21(23,24)25;1-2/h2-8,10-11H,9H2,1H3,(H2,26,30)(H,27,29);1-2H3. The molecule has 0 spiro atoms. The number of aromatic nitrogens is 1. The van der Waals surface area contributed by atoms with Crippen LogP contribution in [0.4, 0.5) is 18.9 Å². The van der Waals surface area contributed by atoms with Gasteiger partial charge in [-0.15, -0.1) is 0 Å². The van der Waals surface area contributed by atoms with Gasteiger partial charge in [-0.3, -0.25) is 14.4 Å². The predicted octanol–water partition coefficient (Wildman–Crippen LogP) is 4.93. The van der Waals surface area contributed by atoms with E-state index < -0.39 is 41.6 Å². The van der Waals surface area contributed by atoms with E-state index in [2.05, 4.69) is 5.32 Å². The number of amides is 2. The molecule has 0 fully saturated rings. The lowest BCUT2D eigenvalue weighted by Crippen LogP contribution is -2.31. The number of rotatable bonds is 5. The summed E-state index contributed by atoms with van der Waals surface area (Å²) in [6.07, 6.45) is -3.84. The Kier molecular flexibility index (Phi) is 8.27. The Morgan fingerprint density at radius 1 is 1.12 bits per heavy atom. The minimum atomic E-state index is -4.66. The summed E-state index contributed by atoms with van der Waals surface area (Å²) in [6, 6.07) is 8.40. The Balaban J connectivity index is 0.00000187. The van der Waals surface area contributed by atoms with Gasteiger partial charge in [0.1, 0.15) is 6.04 Å². The van der Waals surface area contributed by atoms with Gasteiger partial charge in [-0.05, 0) is 42.8 Å². The number of fused-ring (bicyclic) bond motifs is 1. The molecule has 6 nitrogen and oxygen atoms in total. The Hall–Kier alpha value is -3.33. The topological polar surface area (TPSA) is 94.2 Å². The molecule has 0 bridgehead atoms. The van der Waals surface area contributed by atoms with E-state index in [0.717, 1.165) is 12.1 Å². The monoisotopic (exact) mass is 481 g/mol. The molecule has 1 unspecified atom stereocenters. The fourth-order valence-electron chi connectivity index (χ4n) is 3.18. The number of halogens is 4. The van der Waals surface area contributed by atoms with Crippen molar-refractivity contribution < 1.29 is 22.8 Å². The van der Waals surface area contributed by atoms with Gasteiger partial charge >= 0.3 is 6.18 Å². The number of hydrogen-bond acceptors (Lipinski definition) is 3. The smallest absolute Gasteiger partial charge is 0.368 e. The fourth-order valence-corrected chi connectivity index (χ4v) is 3.35. The molecule has 3 aromatic rings. The van der Waals surface area contributed by atoms with Crippen LogP contribution >= 0.6 is 11.6 Å². The summed E-state index contributed by atoms with van der Waals surface area (Å²) in [6.45, 7) is 5.48. The highest BCUT2D eigenvalue weighted by Crippen LogP contribution is 2.34. The van der Waals surface area contributed by atoms with Crippen LogP contribution in [0.5, 0.6) is 0 Å². The van der Waals surface area contributed by atoms with Crippen molar-refractivity contribution in [2.75, 3.05) is 5.32 Å². The summed E-state index contributed by atoms with van der Waals surface area (Å²) in [4.78, 5) is 36.6. The molecule has 176 valence electrons. The van der Waals surface area contributed by atoms with Crippen molar-refractivity contribution in [3.05, 3.63) is 75.2 Å². The first-order valence-corrected chi connectivity index (χ1v) is 10.5. The maximum Gasteiger partial charge on any atom is 0.416 e. The van der Waals surface area contributed by atoms with E-state index in [1.807, 2.05) is 13.8 Å². The molecule has 0 saturated heterocycles. The predicted molar refractivity (Wildman–Crippen MR) is 122 cm³/mol. The Bertz CT molecular complexity index is 1240. The molecule has 0 saturated carbocycles. The van der Waals surface area contributed by atoms with Crippen LogP contribution in [0.3, 0.4) is 0 Å². The molecule has 2 aromatic carbocycles. The van der Waals surface area contributed by atoms with Crippen molar-refractivity contribution in [2.45, 2.75) is 39.4 Å². The minimum Gasteiger partial charge on any atom is -0.368 e. The Labute approximate surface area is 193 Å². The molecule has 1 heterocycles. The van der Waals surface area contributed by atoms with Crippen molar-refractivity contribution >= 4 is 39.9 Å². The average molecular weight is 482 g/mol. The summed E-state index contributed by atoms with van der Waals surface area (Å²) in [5.41, 5.74) is 3.80. The number of carbonyl (C=O) groups is 2. The van der Waals surface area contributed by atoms with Gasteiger partial charge in [-0.2, -0.15) is 13.2 Å². The van der Waals surface area contributed by atoms with Gasteiger partial charge in [0.25, 0.3) is 5.56 Å². The van der Waals surface area contributed by atoms with Crippen molar-refractivity contribution in [3.8, 4) is 0 Å². The van der Waals surface area contributed by atoms with Gasteiger partial charge in [0, 0.05) is 27.7 Å². The molecule has 33 heavy (non-hydrogen) atoms. The normalized spacial score (nSPS) is 12.0. The van der Waals surface area contributed by atoms with Gasteiger partial charge in [0.2, 0.25) is 11.8 Å². The first kappa shape index (κ1) is 25.9. The van der Waals surface area contributed by atoms with Crippen molar-refractivity contribution in [1.29, 1.82) is 0 Å². The zero-order valence-electron chi connectivity index (χ0n) is 18.2. The summed E-state index contributed by atoms with van der Waals surface area (Å²) < 4.78 is 40.9. The average Bonchev–Trinajstić information content (AvgIpc) is 2.76. The summed E-state index contributed by atoms with van der Waals surface area (Å²) in [5, 5.41) is 3.05. The Morgan fingerprint density at radius 2 is 1.79 bits per heavy atom. The van der Waals surface area contributed by atoms with Crippen LogP contribution in [0.15, 0.2) is 53.5 Å². The third-order valence-corrected chi connectivity index (χ3v) is 5.04. The lowest BCUT2D eigenvalue weighted by molar-refractivity contribution is -0.138. The second kappa shape index (κ2) is 10.5. The number of pyridine rings is 1. The van der Waals surface area contributed by atoms with Crippen LogP contribution in [-0.4, -0.2) is 16.4 Å². The molecular formula is C23H23ClF3N3O3. The van der Waals surface area contributed by atoms with E-state index in [4.69, 9.17) is 17.3 Å². The molecular weight excluding hydrogens is 459 g/mol. The number of nitrogens with two attached hydrogens (primary N) is 1. The second-order valence-corrected chi connectivity index (χ2v) is 7.33. The number of hydrogen-bond donors (Lipinski definition) is 2. The third-order valence-electron chi connectivity index (χ3n) is 4.80. The summed E-state index contributed by atoms with van der Waals surface area (Å²) in [5.74, 6) is -1.38. The fraction of sp³-hybridized carbons (Fsp3) is 0.261. The zero-order chi connectivity index (χ0) is 24.9. The molecule has 0 aliphatic heterocycles. The lowest BCUT2D eigenvalue weighted by Gasteiger charge is -2.15. The first-order valence-electron chi connectivity index (χ1n) is 10.1. The number of anilines is 1. The molecule has 1 atom stereocenters. The summed E-state index contributed by atoms with van der Waals surface area (Å²) in [7, 11) is 0. The Morgan fingerprint density at radius 3 is 2.39 bits per heavy atom. The van der Waals surface area contributed by atoms with E-state index in [1.54, 1.807) is 0 Å². The molecule has 1 aromatic heterocycles. The SMILES string of the molecule is CC.CC(C(N)=O)n1ccc2c(NC(=O)Cc3ccc(Cl)cc3C(F)(F)F)cccc2c1=O. The highest BCUT2D eigenvalue weighted by atomic mass is 35.5. The molecule has 3 rings (SSSR count). The molecule has 0 aliphatic rings. The number of nitrogens with one attached hydrogen (secondary N) is 1. The van der Waals surface area contributed by atoms with Crippen LogP contribution in [0.2, 0.25) is 5.02 Å². The summed E-state index contributed by atoms with van der Waals surface area (Å²) >= 11 is 5.66. The number of alkyl halides is 3. The van der Waals surface area contributed by atoms with E-state index in [0.29, 0.717) is 5.39 Å². The van der Waals surface area contributed by atoms with Gasteiger partial charge in [-0.25, -0.2) is 0 Å². The van der Waals surface area contributed by atoms with Gasteiger partial charge in [0.15, 0.2) is 0 Å². The van der Waals surface area contributed by atoms with Crippen LogP contribution in [0.25, 0.3) is 10.8 Å². The largest absolute Gasteiger partial charge is 0.416 e. The van der Waals surface area contributed by atoms with Gasteiger partial charge in [-0.1, -0.05) is 37.6 Å². The minimum absolute atomic E-state index is 0.0907. The van der Waals surface area contributed by atoms with E-state index in [9.17, 15) is 27.6 Å². The van der Waals surface area contributed by atoms with Crippen molar-refractivity contribution in [1.82, 2.24) is 4.57 Å². The van der Waals surface area contributed by atoms with Gasteiger partial charge < -0.3 is 15.6 Å². The van der Waals surface area contributed by atoms with Crippen LogP contribution in [0, 0.1) is 0 Å². The maximum atomic E-state index is 13.3. The second-order valence-electron chi connectivity index (χ2n) is 6.90. The third kappa shape index (κ3) is 5.92. The molecule has 10 heteroatoms. The quantitative estimate of drug-likeness (QED) is 0.541. The number of benzene rings is 2. The van der Waals surface area contributed by atoms with E-state index >= 15 is 0 Å². The highest BCUT2D eigenvalue weighted by Gasteiger charge is 2.34. The van der Waals surface area contributed by atoms with E-state index in [-0.39, 0.29) is 21.7 Å². The maximum absolute atomic E-state index is 13.3. The zero-order valence-corrected chi connectivity index (χ0v) is 18.9. The lowest BCUT2D eigenvalue weighted by atomic mass is 10.0. The number of nitrogens with zero attached hydrogens (tertiary/aromatic N) is 1. The van der Waals surface area contributed by atoms with Crippen molar-refractivity contribution in [3.63, 3.8) is 0 Å². The van der Waals surface area contributed by atoms with Crippen LogP contribution in [-0.2, 0) is 22.2 Å². The first-order chi connectivity index (χ1) is 15.5. The molecule has 2 amide bonds. The number of carbonyl (C=O) groups excluding carboxylic acids is 2. The molecule has 0 radical (unpaired) electrons. The van der Waals surface area contributed by atoms with Crippen LogP contribution in [0.1, 0.15) is 37.9 Å². The van der Waals surface area contributed by atoms with Gasteiger partial charge in [0.05, 0.1) is 12.0 Å². The molecule has 0 aliphatic carbocycles. The van der Waals surface area contributed by atoms with Crippen molar-refractivity contribution in [2.24, 2.45) is 5.73 Å². The van der Waals surface area contributed by atoms with E-state index in [1.165, 1.54) is 48.0 Å². The van der Waals surface area contributed by atoms with Crippen LogP contribution < -0.4 is 16.6 Å². The highest BCUT2D eigenvalue weighted by molar-refractivity contribution is 6.30.